The summed E-state index contributed by atoms with van der Waals surface area (Å²) in [6.07, 6.45) is 0. The van der Waals surface area contributed by atoms with Gasteiger partial charge in [-0.1, -0.05) is 36.4 Å². The number of phenolic OH excluding ortho intramolecular Hbond substituents is 1. The van der Waals surface area contributed by atoms with Crippen LogP contribution in [0.15, 0.2) is 48.5 Å². The summed E-state index contributed by atoms with van der Waals surface area (Å²) in [6, 6.07) is 10.1. The summed E-state index contributed by atoms with van der Waals surface area (Å²) in [5, 5.41) is 20.9. The molecule has 21 heavy (non-hydrogen) atoms. The number of carbonyl (C=O) groups is 2. The number of amides is 1. The molecular weight excluding hydrogens is 277 g/mol. The van der Waals surface area contributed by atoms with Gasteiger partial charge >= 0.3 is 5.97 Å². The zero-order valence-electron chi connectivity index (χ0n) is 10.8. The Bertz CT molecular complexity index is 652. The number of nitrogens with one attached hydrogen (secondary N) is 1. The number of carbonyl (C=O) groups excluding carboxylic acids is 1. The highest BCUT2D eigenvalue weighted by Crippen LogP contribution is 2.21. The van der Waals surface area contributed by atoms with E-state index in [1.54, 1.807) is 18.2 Å². The van der Waals surface area contributed by atoms with E-state index in [-0.39, 0.29) is 0 Å². The molecule has 6 heteroatoms. The molecule has 0 aliphatic heterocycles. The van der Waals surface area contributed by atoms with Crippen LogP contribution in [0.5, 0.6) is 5.75 Å². The minimum atomic E-state index is -1.34. The van der Waals surface area contributed by atoms with Crippen LogP contribution in [0.2, 0.25) is 0 Å². The third kappa shape index (κ3) is 3.17. The molecule has 2 aromatic carbocycles. The Morgan fingerprint density at radius 2 is 1.71 bits per heavy atom. The van der Waals surface area contributed by atoms with E-state index in [4.69, 9.17) is 0 Å². The van der Waals surface area contributed by atoms with Crippen LogP contribution in [0.1, 0.15) is 22.0 Å². The average molecular weight is 289 g/mol. The van der Waals surface area contributed by atoms with Crippen molar-refractivity contribution in [1.29, 1.82) is 0 Å². The van der Waals surface area contributed by atoms with Crippen molar-refractivity contribution in [2.75, 3.05) is 0 Å². The molecule has 1 unspecified atom stereocenters. The second-order valence-electron chi connectivity index (χ2n) is 4.29. The molecule has 0 fully saturated rings. The van der Waals surface area contributed by atoms with Crippen LogP contribution >= 0.6 is 0 Å². The molecule has 0 saturated carbocycles. The molecule has 0 spiro atoms. The van der Waals surface area contributed by atoms with Crippen LogP contribution in [-0.4, -0.2) is 22.1 Å². The predicted octanol–water partition coefficient (Wildman–Crippen LogP) is 2.09. The first-order valence-corrected chi connectivity index (χ1v) is 6.07. The van der Waals surface area contributed by atoms with Crippen LogP contribution in [0.3, 0.4) is 0 Å². The molecule has 0 bridgehead atoms. The van der Waals surface area contributed by atoms with E-state index in [1.807, 2.05) is 0 Å². The highest BCUT2D eigenvalue weighted by Gasteiger charge is 2.25. The fraction of sp³-hybridized carbons (Fsp3) is 0.0667. The summed E-state index contributed by atoms with van der Waals surface area (Å²) in [5.41, 5.74) is -0.242. The zero-order chi connectivity index (χ0) is 15.4. The maximum Gasteiger partial charge on any atom is 0.330 e. The first-order valence-electron chi connectivity index (χ1n) is 6.07. The zero-order valence-corrected chi connectivity index (χ0v) is 10.8. The third-order valence-corrected chi connectivity index (χ3v) is 2.87. The first-order chi connectivity index (χ1) is 10.0. The van der Waals surface area contributed by atoms with Crippen LogP contribution in [-0.2, 0) is 4.79 Å². The fourth-order valence-electron chi connectivity index (χ4n) is 1.87. The molecule has 0 heterocycles. The summed E-state index contributed by atoms with van der Waals surface area (Å²) in [4.78, 5) is 23.3. The number of rotatable bonds is 4. The van der Waals surface area contributed by atoms with E-state index in [9.17, 15) is 24.2 Å². The lowest BCUT2D eigenvalue weighted by Gasteiger charge is -2.15. The lowest BCUT2D eigenvalue weighted by molar-refractivity contribution is -0.139. The fourth-order valence-corrected chi connectivity index (χ4v) is 1.87. The van der Waals surface area contributed by atoms with Gasteiger partial charge in [-0.2, -0.15) is 0 Å². The minimum Gasteiger partial charge on any atom is -0.507 e. The SMILES string of the molecule is O=C(NC(C(=O)O)c1ccccc1)c1c(O)cccc1F. The monoisotopic (exact) mass is 289 g/mol. The van der Waals surface area contributed by atoms with Crippen molar-refractivity contribution >= 4 is 11.9 Å². The summed E-state index contributed by atoms with van der Waals surface area (Å²) in [5.74, 6) is -3.76. The lowest BCUT2D eigenvalue weighted by Crippen LogP contribution is -2.34. The van der Waals surface area contributed by atoms with E-state index >= 15 is 0 Å². The Labute approximate surface area is 119 Å². The van der Waals surface area contributed by atoms with Gasteiger partial charge in [-0.15, -0.1) is 0 Å². The van der Waals surface area contributed by atoms with Gasteiger partial charge in [0.1, 0.15) is 17.1 Å². The number of carboxylic acid groups (broad SMARTS) is 1. The van der Waals surface area contributed by atoms with Crippen LogP contribution in [0.4, 0.5) is 4.39 Å². The third-order valence-electron chi connectivity index (χ3n) is 2.87. The summed E-state index contributed by atoms with van der Waals surface area (Å²) in [6.45, 7) is 0. The van der Waals surface area contributed by atoms with Crippen molar-refractivity contribution in [2.24, 2.45) is 0 Å². The minimum absolute atomic E-state index is 0.342. The molecular formula is C15H12FNO4. The maximum atomic E-state index is 13.6. The molecule has 5 nitrogen and oxygen atoms in total. The largest absolute Gasteiger partial charge is 0.507 e. The number of carboxylic acids is 1. The van der Waals surface area contributed by atoms with E-state index < -0.39 is 35.0 Å². The maximum absolute atomic E-state index is 13.6. The van der Waals surface area contributed by atoms with Crippen molar-refractivity contribution in [3.63, 3.8) is 0 Å². The normalized spacial score (nSPS) is 11.7. The molecule has 0 saturated heterocycles. The number of hydrogen-bond donors (Lipinski definition) is 3. The Kier molecular flexibility index (Phi) is 4.18. The second-order valence-corrected chi connectivity index (χ2v) is 4.29. The van der Waals surface area contributed by atoms with Gasteiger partial charge in [0.25, 0.3) is 5.91 Å². The summed E-state index contributed by atoms with van der Waals surface area (Å²) < 4.78 is 13.6. The molecule has 0 aliphatic carbocycles. The van der Waals surface area contributed by atoms with Gasteiger partial charge in [0, 0.05) is 0 Å². The molecule has 0 radical (unpaired) electrons. The van der Waals surface area contributed by atoms with Gasteiger partial charge in [0.15, 0.2) is 6.04 Å². The molecule has 108 valence electrons. The van der Waals surface area contributed by atoms with E-state index in [0.717, 1.165) is 12.1 Å². The van der Waals surface area contributed by atoms with Crippen LogP contribution in [0, 0.1) is 5.82 Å². The quantitative estimate of drug-likeness (QED) is 0.804. The van der Waals surface area contributed by atoms with Gasteiger partial charge in [0.2, 0.25) is 0 Å². The van der Waals surface area contributed by atoms with E-state index in [1.165, 1.54) is 18.2 Å². The molecule has 1 atom stereocenters. The number of phenols is 1. The molecule has 2 aromatic rings. The van der Waals surface area contributed by atoms with Gasteiger partial charge in [-0.25, -0.2) is 9.18 Å². The smallest absolute Gasteiger partial charge is 0.330 e. The van der Waals surface area contributed by atoms with Crippen molar-refractivity contribution in [2.45, 2.75) is 6.04 Å². The van der Waals surface area contributed by atoms with Crippen molar-refractivity contribution in [3.8, 4) is 5.75 Å². The highest BCUT2D eigenvalue weighted by atomic mass is 19.1. The number of hydrogen-bond acceptors (Lipinski definition) is 3. The number of aliphatic carboxylic acids is 1. The standard InChI is InChI=1S/C15H12FNO4/c16-10-7-4-8-11(18)12(10)14(19)17-13(15(20)21)9-5-2-1-3-6-9/h1-8,13,18H,(H,17,19)(H,20,21). The first kappa shape index (κ1) is 14.5. The van der Waals surface area contributed by atoms with E-state index in [0.29, 0.717) is 5.56 Å². The Morgan fingerprint density at radius 1 is 1.05 bits per heavy atom. The molecule has 1 amide bonds. The van der Waals surface area contributed by atoms with Crippen LogP contribution in [0.25, 0.3) is 0 Å². The summed E-state index contributed by atoms with van der Waals surface area (Å²) in [7, 11) is 0. The number of halogens is 1. The van der Waals surface area contributed by atoms with Gasteiger partial charge < -0.3 is 15.5 Å². The Hall–Kier alpha value is -2.89. The second kappa shape index (κ2) is 6.04. The average Bonchev–Trinajstić information content (AvgIpc) is 2.45. The van der Waals surface area contributed by atoms with Crippen molar-refractivity contribution in [3.05, 3.63) is 65.5 Å². The topological polar surface area (TPSA) is 86.6 Å². The Morgan fingerprint density at radius 3 is 2.29 bits per heavy atom. The van der Waals surface area contributed by atoms with Crippen molar-refractivity contribution in [1.82, 2.24) is 5.32 Å². The molecule has 0 aromatic heterocycles. The lowest BCUT2D eigenvalue weighted by atomic mass is 10.1. The van der Waals surface area contributed by atoms with Crippen molar-refractivity contribution < 1.29 is 24.2 Å². The van der Waals surface area contributed by atoms with Gasteiger partial charge in [0.05, 0.1) is 0 Å². The molecule has 0 aliphatic rings. The Balaban J connectivity index is 2.30. The van der Waals surface area contributed by atoms with Crippen LogP contribution < -0.4 is 5.32 Å². The van der Waals surface area contributed by atoms with Gasteiger partial charge in [-0.3, -0.25) is 4.79 Å². The number of benzene rings is 2. The highest BCUT2D eigenvalue weighted by molar-refractivity contribution is 5.99. The number of aromatic hydroxyl groups is 1. The predicted molar refractivity (Wildman–Crippen MR) is 72.3 cm³/mol. The van der Waals surface area contributed by atoms with E-state index in [2.05, 4.69) is 5.32 Å². The molecule has 2 rings (SSSR count). The van der Waals surface area contributed by atoms with Gasteiger partial charge in [-0.05, 0) is 17.7 Å². The summed E-state index contributed by atoms with van der Waals surface area (Å²) >= 11 is 0. The molecule has 3 N–H and O–H groups in total.